The van der Waals surface area contributed by atoms with Gasteiger partial charge in [0.05, 0.1) is 22.4 Å². The zero-order chi connectivity index (χ0) is 16.2. The Morgan fingerprint density at radius 1 is 1.09 bits per heavy atom. The monoisotopic (exact) mass is 319 g/mol. The smallest absolute Gasteiger partial charge is 0.180 e. The van der Waals surface area contributed by atoms with E-state index in [4.69, 9.17) is 0 Å². The third-order valence-corrected chi connectivity index (χ3v) is 5.42. The molecule has 2 aromatic carbocycles. The maximum atomic E-state index is 12.1. The van der Waals surface area contributed by atoms with E-state index in [1.807, 2.05) is 31.2 Å². The molecule has 1 atom stereocenters. The molecule has 0 bridgehead atoms. The standard InChI is InChI=1S/C17H21NO3S/c1-3-22(20,21)17-11-7-6-10-15(17)18-12-16(19)14-9-5-4-8-13(14)2/h4-11,16,18-19H,3,12H2,1-2H3/t16-/m1/s1. The average Bonchev–Trinajstić information content (AvgIpc) is 2.53. The number of nitrogens with one attached hydrogen (secondary N) is 1. The van der Waals surface area contributed by atoms with E-state index in [0.717, 1.165) is 11.1 Å². The van der Waals surface area contributed by atoms with Crippen molar-refractivity contribution in [3.63, 3.8) is 0 Å². The van der Waals surface area contributed by atoms with Crippen LogP contribution in [0.4, 0.5) is 5.69 Å². The van der Waals surface area contributed by atoms with Gasteiger partial charge in [0.15, 0.2) is 9.84 Å². The minimum atomic E-state index is -3.29. The number of para-hydroxylation sites is 1. The summed E-state index contributed by atoms with van der Waals surface area (Å²) in [7, 11) is -3.29. The summed E-state index contributed by atoms with van der Waals surface area (Å²) in [6, 6.07) is 14.4. The third-order valence-electron chi connectivity index (χ3n) is 3.64. The molecule has 0 saturated heterocycles. The molecular formula is C17H21NO3S. The fourth-order valence-corrected chi connectivity index (χ4v) is 3.39. The predicted molar refractivity (Wildman–Crippen MR) is 88.8 cm³/mol. The van der Waals surface area contributed by atoms with Crippen molar-refractivity contribution in [3.8, 4) is 0 Å². The summed E-state index contributed by atoms with van der Waals surface area (Å²) in [5, 5.41) is 13.4. The van der Waals surface area contributed by atoms with Crippen molar-refractivity contribution in [2.24, 2.45) is 0 Å². The highest BCUT2D eigenvalue weighted by Gasteiger charge is 2.17. The summed E-state index contributed by atoms with van der Waals surface area (Å²) in [6.07, 6.45) is -0.696. The van der Waals surface area contributed by atoms with Gasteiger partial charge in [0.25, 0.3) is 0 Å². The van der Waals surface area contributed by atoms with Gasteiger partial charge in [-0.05, 0) is 30.2 Å². The average molecular weight is 319 g/mol. The highest BCUT2D eigenvalue weighted by Crippen LogP contribution is 2.24. The van der Waals surface area contributed by atoms with Crippen LogP contribution in [0.25, 0.3) is 0 Å². The molecule has 0 aromatic heterocycles. The van der Waals surface area contributed by atoms with Gasteiger partial charge in [-0.1, -0.05) is 43.3 Å². The van der Waals surface area contributed by atoms with Gasteiger partial charge in [0.2, 0.25) is 0 Å². The number of aryl methyl sites for hydroxylation is 1. The summed E-state index contributed by atoms with van der Waals surface area (Å²) >= 11 is 0. The summed E-state index contributed by atoms with van der Waals surface area (Å²) in [4.78, 5) is 0.273. The van der Waals surface area contributed by atoms with Gasteiger partial charge in [-0.3, -0.25) is 0 Å². The van der Waals surface area contributed by atoms with Crippen molar-refractivity contribution in [3.05, 3.63) is 59.7 Å². The van der Waals surface area contributed by atoms with E-state index < -0.39 is 15.9 Å². The van der Waals surface area contributed by atoms with Gasteiger partial charge in [-0.15, -0.1) is 0 Å². The predicted octanol–water partition coefficient (Wildman–Crippen LogP) is 2.93. The first kappa shape index (κ1) is 16.5. The first-order valence-electron chi connectivity index (χ1n) is 7.25. The molecule has 0 fully saturated rings. The first-order chi connectivity index (χ1) is 10.5. The van der Waals surface area contributed by atoms with Gasteiger partial charge in [-0.25, -0.2) is 8.42 Å². The number of benzene rings is 2. The topological polar surface area (TPSA) is 66.4 Å². The second kappa shape index (κ2) is 6.94. The van der Waals surface area contributed by atoms with Crippen LogP contribution in [-0.4, -0.2) is 25.8 Å². The Kier molecular flexibility index (Phi) is 5.21. The van der Waals surface area contributed by atoms with Crippen molar-refractivity contribution >= 4 is 15.5 Å². The minimum absolute atomic E-state index is 0.0477. The number of aliphatic hydroxyl groups is 1. The summed E-state index contributed by atoms with van der Waals surface area (Å²) in [5.74, 6) is 0.0477. The first-order valence-corrected chi connectivity index (χ1v) is 8.90. The molecule has 0 aliphatic carbocycles. The number of rotatable bonds is 6. The van der Waals surface area contributed by atoms with E-state index in [9.17, 15) is 13.5 Å². The lowest BCUT2D eigenvalue weighted by molar-refractivity contribution is 0.191. The fourth-order valence-electron chi connectivity index (χ4n) is 2.32. The molecule has 2 aromatic rings. The number of sulfone groups is 1. The lowest BCUT2D eigenvalue weighted by atomic mass is 10.0. The molecule has 2 rings (SSSR count). The number of aliphatic hydroxyl groups excluding tert-OH is 1. The Hall–Kier alpha value is -1.85. The van der Waals surface area contributed by atoms with Crippen molar-refractivity contribution in [1.29, 1.82) is 0 Å². The van der Waals surface area contributed by atoms with Crippen molar-refractivity contribution in [2.75, 3.05) is 17.6 Å². The molecule has 22 heavy (non-hydrogen) atoms. The van der Waals surface area contributed by atoms with Gasteiger partial charge < -0.3 is 10.4 Å². The number of anilines is 1. The maximum absolute atomic E-state index is 12.1. The zero-order valence-electron chi connectivity index (χ0n) is 12.8. The van der Waals surface area contributed by atoms with E-state index in [0.29, 0.717) is 5.69 Å². The molecule has 0 unspecified atom stereocenters. The highest BCUT2D eigenvalue weighted by atomic mass is 32.2. The van der Waals surface area contributed by atoms with E-state index in [1.165, 1.54) is 0 Å². The minimum Gasteiger partial charge on any atom is -0.387 e. The molecule has 118 valence electrons. The summed E-state index contributed by atoms with van der Waals surface area (Å²) in [5.41, 5.74) is 2.37. The van der Waals surface area contributed by atoms with Crippen molar-refractivity contribution < 1.29 is 13.5 Å². The third kappa shape index (κ3) is 3.67. The number of hydrogen-bond acceptors (Lipinski definition) is 4. The van der Waals surface area contributed by atoms with Crippen LogP contribution in [0.1, 0.15) is 24.2 Å². The van der Waals surface area contributed by atoms with Gasteiger partial charge in [0.1, 0.15) is 0 Å². The second-order valence-corrected chi connectivity index (χ2v) is 7.40. The second-order valence-electron chi connectivity index (χ2n) is 5.15. The lowest BCUT2D eigenvalue weighted by Gasteiger charge is -2.17. The Labute approximate surface area is 131 Å². The summed E-state index contributed by atoms with van der Waals surface area (Å²) < 4.78 is 24.2. The Morgan fingerprint density at radius 2 is 1.73 bits per heavy atom. The molecule has 2 N–H and O–H groups in total. The molecular weight excluding hydrogens is 298 g/mol. The van der Waals surface area contributed by atoms with Crippen LogP contribution in [0.3, 0.4) is 0 Å². The molecule has 0 saturated carbocycles. The Bertz CT molecular complexity index is 741. The van der Waals surface area contributed by atoms with Crippen LogP contribution < -0.4 is 5.32 Å². The van der Waals surface area contributed by atoms with Crippen LogP contribution in [0, 0.1) is 6.92 Å². The van der Waals surface area contributed by atoms with Crippen molar-refractivity contribution in [1.82, 2.24) is 0 Å². The summed E-state index contributed by atoms with van der Waals surface area (Å²) in [6.45, 7) is 3.81. The molecule has 0 radical (unpaired) electrons. The van der Waals surface area contributed by atoms with Crippen LogP contribution >= 0.6 is 0 Å². The molecule has 0 heterocycles. The van der Waals surface area contributed by atoms with Crippen LogP contribution in [0.5, 0.6) is 0 Å². The van der Waals surface area contributed by atoms with Gasteiger partial charge >= 0.3 is 0 Å². The Balaban J connectivity index is 2.18. The largest absolute Gasteiger partial charge is 0.387 e. The quantitative estimate of drug-likeness (QED) is 0.859. The highest BCUT2D eigenvalue weighted by molar-refractivity contribution is 7.91. The van der Waals surface area contributed by atoms with E-state index in [1.54, 1.807) is 31.2 Å². The van der Waals surface area contributed by atoms with Crippen LogP contribution in [0.15, 0.2) is 53.4 Å². The van der Waals surface area contributed by atoms with E-state index in [2.05, 4.69) is 5.32 Å². The normalized spacial score (nSPS) is 12.9. The maximum Gasteiger partial charge on any atom is 0.180 e. The molecule has 0 amide bonds. The SMILES string of the molecule is CCS(=O)(=O)c1ccccc1NC[C@@H](O)c1ccccc1C. The molecule has 0 spiro atoms. The zero-order valence-corrected chi connectivity index (χ0v) is 13.6. The molecule has 5 heteroatoms. The molecule has 4 nitrogen and oxygen atoms in total. The molecule has 0 aliphatic heterocycles. The Morgan fingerprint density at radius 3 is 2.41 bits per heavy atom. The van der Waals surface area contributed by atoms with Crippen LogP contribution in [-0.2, 0) is 9.84 Å². The van der Waals surface area contributed by atoms with Crippen LogP contribution in [0.2, 0.25) is 0 Å². The number of hydrogen-bond donors (Lipinski definition) is 2. The fraction of sp³-hybridized carbons (Fsp3) is 0.294. The van der Waals surface area contributed by atoms with Crippen molar-refractivity contribution in [2.45, 2.75) is 24.8 Å². The van der Waals surface area contributed by atoms with Gasteiger partial charge in [0, 0.05) is 6.54 Å². The molecule has 0 aliphatic rings. The van der Waals surface area contributed by atoms with Gasteiger partial charge in [-0.2, -0.15) is 0 Å². The van der Waals surface area contributed by atoms with E-state index >= 15 is 0 Å². The lowest BCUT2D eigenvalue weighted by Crippen LogP contribution is -2.15. The van der Waals surface area contributed by atoms with E-state index in [-0.39, 0.29) is 17.2 Å².